The van der Waals surface area contributed by atoms with Gasteiger partial charge in [0.25, 0.3) is 0 Å². The number of β-amino-alcohol motifs (C(OH)–C–C–N with tert-alkyl or cyclic N) is 1. The first kappa shape index (κ1) is 19.4. The molecule has 4 rings (SSSR count). The fraction of sp³-hybridized carbons (Fsp3) is 0.478. The van der Waals surface area contributed by atoms with Gasteiger partial charge in [-0.15, -0.1) is 0 Å². The predicted molar refractivity (Wildman–Crippen MR) is 106 cm³/mol. The van der Waals surface area contributed by atoms with Crippen molar-refractivity contribution < 1.29 is 19.0 Å². The van der Waals surface area contributed by atoms with Crippen LogP contribution in [0.3, 0.4) is 0 Å². The Morgan fingerprint density at radius 1 is 1.04 bits per heavy atom. The number of rotatable bonds is 7. The summed E-state index contributed by atoms with van der Waals surface area (Å²) in [6.07, 6.45) is 3.63. The Kier molecular flexibility index (Phi) is 6.25. The summed E-state index contributed by atoms with van der Waals surface area (Å²) in [5, 5.41) is 10.4. The molecule has 2 atom stereocenters. The van der Waals surface area contributed by atoms with Crippen molar-refractivity contribution in [1.82, 2.24) is 4.90 Å². The molecule has 2 aliphatic rings. The minimum Gasteiger partial charge on any atom is -0.490 e. The maximum atomic E-state index is 13.0. The summed E-state index contributed by atoms with van der Waals surface area (Å²) in [6.45, 7) is 2.76. The van der Waals surface area contributed by atoms with Crippen LogP contribution in [0.5, 0.6) is 5.75 Å². The van der Waals surface area contributed by atoms with Crippen molar-refractivity contribution in [2.24, 2.45) is 0 Å². The second-order valence-electron chi connectivity index (χ2n) is 7.79. The summed E-state index contributed by atoms with van der Waals surface area (Å²) >= 11 is 0. The topological polar surface area (TPSA) is 41.9 Å². The molecule has 1 saturated heterocycles. The van der Waals surface area contributed by atoms with E-state index in [-0.39, 0.29) is 18.0 Å². The Bertz CT molecular complexity index is 759. The second-order valence-corrected chi connectivity index (χ2v) is 7.79. The highest BCUT2D eigenvalue weighted by atomic mass is 19.1. The van der Waals surface area contributed by atoms with Gasteiger partial charge in [0.05, 0.1) is 18.8 Å². The van der Waals surface area contributed by atoms with Crippen LogP contribution in [-0.4, -0.2) is 48.5 Å². The van der Waals surface area contributed by atoms with E-state index in [9.17, 15) is 9.50 Å². The molecule has 0 aromatic heterocycles. The zero-order valence-corrected chi connectivity index (χ0v) is 16.1. The number of aliphatic hydroxyl groups is 1. The summed E-state index contributed by atoms with van der Waals surface area (Å²) < 4.78 is 24.9. The molecule has 4 nitrogen and oxygen atoms in total. The molecule has 1 aliphatic carbocycles. The van der Waals surface area contributed by atoms with Crippen LogP contribution in [0.2, 0.25) is 0 Å². The number of hydrogen-bond donors (Lipinski definition) is 1. The molecule has 1 aliphatic heterocycles. The zero-order valence-electron chi connectivity index (χ0n) is 16.1. The van der Waals surface area contributed by atoms with Crippen LogP contribution in [0.1, 0.15) is 36.5 Å². The summed E-state index contributed by atoms with van der Waals surface area (Å²) in [6, 6.07) is 14.6. The van der Waals surface area contributed by atoms with E-state index >= 15 is 0 Å². The molecule has 2 aromatic rings. The first-order valence-corrected chi connectivity index (χ1v) is 10.2. The monoisotopic (exact) mass is 385 g/mol. The Hall–Kier alpha value is -1.95. The molecule has 28 heavy (non-hydrogen) atoms. The highest BCUT2D eigenvalue weighted by molar-refractivity contribution is 5.33. The highest BCUT2D eigenvalue weighted by Crippen LogP contribution is 2.33. The molecule has 1 heterocycles. The molecule has 0 saturated carbocycles. The number of likely N-dealkylation sites (tertiary alicyclic amines) is 1. The highest BCUT2D eigenvalue weighted by Gasteiger charge is 2.25. The third-order valence-corrected chi connectivity index (χ3v) is 5.69. The van der Waals surface area contributed by atoms with Gasteiger partial charge in [0.2, 0.25) is 0 Å². The van der Waals surface area contributed by atoms with Crippen LogP contribution in [0, 0.1) is 5.82 Å². The number of piperidine rings is 1. The maximum Gasteiger partial charge on any atom is 0.123 e. The van der Waals surface area contributed by atoms with E-state index in [2.05, 4.69) is 29.2 Å². The van der Waals surface area contributed by atoms with Gasteiger partial charge in [0, 0.05) is 19.6 Å². The van der Waals surface area contributed by atoms with E-state index in [1.54, 1.807) is 12.1 Å². The van der Waals surface area contributed by atoms with Crippen LogP contribution >= 0.6 is 0 Å². The Morgan fingerprint density at radius 2 is 1.79 bits per heavy atom. The van der Waals surface area contributed by atoms with Crippen LogP contribution < -0.4 is 4.74 Å². The molecule has 2 aromatic carbocycles. The van der Waals surface area contributed by atoms with E-state index in [4.69, 9.17) is 9.47 Å². The molecule has 1 unspecified atom stereocenters. The number of fused-ring (bicyclic) bond motifs is 1. The van der Waals surface area contributed by atoms with Gasteiger partial charge in [0.15, 0.2) is 0 Å². The number of aliphatic hydroxyl groups excluding tert-OH is 1. The third-order valence-electron chi connectivity index (χ3n) is 5.69. The van der Waals surface area contributed by atoms with Gasteiger partial charge in [-0.1, -0.05) is 24.3 Å². The van der Waals surface area contributed by atoms with Crippen molar-refractivity contribution in [1.29, 1.82) is 0 Å². The zero-order chi connectivity index (χ0) is 19.3. The summed E-state index contributed by atoms with van der Waals surface area (Å²) in [5.41, 5.74) is 2.64. The average Bonchev–Trinajstić information content (AvgIpc) is 3.13. The molecule has 0 spiro atoms. The smallest absolute Gasteiger partial charge is 0.123 e. The van der Waals surface area contributed by atoms with Crippen molar-refractivity contribution in [3.05, 3.63) is 65.5 Å². The fourth-order valence-electron chi connectivity index (χ4n) is 4.18. The lowest BCUT2D eigenvalue weighted by atomic mass is 10.1. The number of hydrogen-bond acceptors (Lipinski definition) is 4. The first-order valence-electron chi connectivity index (χ1n) is 10.2. The Balaban J connectivity index is 1.17. The number of benzene rings is 2. The lowest BCUT2D eigenvalue weighted by Gasteiger charge is -2.33. The van der Waals surface area contributed by atoms with Gasteiger partial charge in [-0.2, -0.15) is 0 Å². The molecule has 0 bridgehead atoms. The van der Waals surface area contributed by atoms with Crippen LogP contribution in [0.4, 0.5) is 4.39 Å². The van der Waals surface area contributed by atoms with Crippen LogP contribution in [0.25, 0.3) is 0 Å². The lowest BCUT2D eigenvalue weighted by Crippen LogP contribution is -2.43. The van der Waals surface area contributed by atoms with Gasteiger partial charge in [-0.05, 0) is 61.1 Å². The molecule has 1 N–H and O–H groups in total. The van der Waals surface area contributed by atoms with Gasteiger partial charge in [-0.25, -0.2) is 4.39 Å². The summed E-state index contributed by atoms with van der Waals surface area (Å²) in [4.78, 5) is 2.27. The largest absolute Gasteiger partial charge is 0.490 e. The van der Waals surface area contributed by atoms with E-state index in [0.717, 1.165) is 38.8 Å². The summed E-state index contributed by atoms with van der Waals surface area (Å²) in [7, 11) is 0. The van der Waals surface area contributed by atoms with Crippen molar-refractivity contribution in [2.75, 3.05) is 26.2 Å². The summed E-state index contributed by atoms with van der Waals surface area (Å²) in [5.74, 6) is 0.463. The lowest BCUT2D eigenvalue weighted by molar-refractivity contribution is -0.0269. The number of aryl methyl sites for hydroxylation is 1. The Morgan fingerprint density at radius 3 is 2.57 bits per heavy atom. The van der Waals surface area contributed by atoms with Gasteiger partial charge in [-0.3, -0.25) is 0 Å². The van der Waals surface area contributed by atoms with Gasteiger partial charge in [0.1, 0.15) is 17.7 Å². The fourth-order valence-corrected chi connectivity index (χ4v) is 4.18. The van der Waals surface area contributed by atoms with Crippen molar-refractivity contribution in [3.63, 3.8) is 0 Å². The number of nitrogens with zero attached hydrogens (tertiary/aromatic N) is 1. The number of halogens is 1. The minimum atomic E-state index is -0.484. The van der Waals surface area contributed by atoms with Gasteiger partial charge >= 0.3 is 0 Å². The molecule has 150 valence electrons. The van der Waals surface area contributed by atoms with Crippen LogP contribution in [-0.2, 0) is 11.2 Å². The average molecular weight is 385 g/mol. The minimum absolute atomic E-state index is 0.112. The second kappa shape index (κ2) is 9.03. The first-order chi connectivity index (χ1) is 13.7. The third kappa shape index (κ3) is 4.90. The molecule has 5 heteroatoms. The molecular weight excluding hydrogens is 357 g/mol. The predicted octanol–water partition coefficient (Wildman–Crippen LogP) is 3.73. The number of ether oxygens (including phenoxy) is 2. The molecule has 0 amide bonds. The van der Waals surface area contributed by atoms with E-state index in [0.29, 0.717) is 18.9 Å². The van der Waals surface area contributed by atoms with Crippen molar-refractivity contribution in [3.8, 4) is 5.75 Å². The standard InChI is InChI=1S/C23H28FNO3/c24-18-6-8-20(9-7-18)28-21-11-13-25(14-12-21)15-19(26)16-27-23-10-5-17-3-1-2-4-22(17)23/h1-4,6-9,19,21,23,26H,5,10-16H2/t19?,23-/m0/s1. The Labute approximate surface area is 165 Å². The normalized spacial score (nSPS) is 21.4. The van der Waals surface area contributed by atoms with Crippen LogP contribution in [0.15, 0.2) is 48.5 Å². The molecule has 1 fully saturated rings. The SMILES string of the molecule is OC(CO[C@H]1CCc2ccccc21)CN1CCC(Oc2ccc(F)cc2)CC1. The van der Waals surface area contributed by atoms with E-state index < -0.39 is 6.10 Å². The van der Waals surface area contributed by atoms with Crippen molar-refractivity contribution in [2.45, 2.75) is 44.0 Å². The van der Waals surface area contributed by atoms with E-state index in [1.165, 1.54) is 23.3 Å². The van der Waals surface area contributed by atoms with E-state index in [1.807, 2.05) is 0 Å². The maximum absolute atomic E-state index is 13.0. The quantitative estimate of drug-likeness (QED) is 0.789. The molecule has 0 radical (unpaired) electrons. The van der Waals surface area contributed by atoms with Crippen molar-refractivity contribution >= 4 is 0 Å². The molecular formula is C23H28FNO3. The van der Waals surface area contributed by atoms with Gasteiger partial charge < -0.3 is 19.5 Å².